The third-order valence-electron chi connectivity index (χ3n) is 2.08. The smallest absolute Gasteiger partial charge is 0.255 e. The summed E-state index contributed by atoms with van der Waals surface area (Å²) in [7, 11) is 1.79. The number of carbonyl (C=O) groups excluding carboxylic acids is 1. The highest BCUT2D eigenvalue weighted by molar-refractivity contribution is 5.95. The fourth-order valence-corrected chi connectivity index (χ4v) is 1.04. The van der Waals surface area contributed by atoms with Crippen LogP contribution in [0, 0.1) is 19.3 Å². The van der Waals surface area contributed by atoms with Gasteiger partial charge in [-0.2, -0.15) is 5.10 Å². The molecule has 14 heavy (non-hydrogen) atoms. The highest BCUT2D eigenvalue weighted by Gasteiger charge is 2.13. The summed E-state index contributed by atoms with van der Waals surface area (Å²) in [5, 5.41) is 6.65. The lowest BCUT2D eigenvalue weighted by Crippen LogP contribution is -2.31. The maximum Gasteiger partial charge on any atom is 0.255 e. The molecule has 74 valence electrons. The molecule has 1 heterocycles. The second-order valence-corrected chi connectivity index (χ2v) is 3.13. The first-order valence-corrected chi connectivity index (χ1v) is 4.32. The van der Waals surface area contributed by atoms with E-state index in [1.54, 1.807) is 18.7 Å². The van der Waals surface area contributed by atoms with E-state index in [4.69, 9.17) is 6.42 Å². The van der Waals surface area contributed by atoms with Crippen molar-refractivity contribution in [2.45, 2.75) is 19.9 Å². The summed E-state index contributed by atoms with van der Waals surface area (Å²) in [4.78, 5) is 11.6. The monoisotopic (exact) mass is 191 g/mol. The maximum atomic E-state index is 11.6. The van der Waals surface area contributed by atoms with Gasteiger partial charge in [-0.25, -0.2) is 0 Å². The molecule has 0 saturated heterocycles. The molecule has 0 bridgehead atoms. The average molecular weight is 191 g/mol. The van der Waals surface area contributed by atoms with Crippen LogP contribution in [0.4, 0.5) is 0 Å². The quantitative estimate of drug-likeness (QED) is 0.691. The molecule has 0 aliphatic carbocycles. The van der Waals surface area contributed by atoms with E-state index in [2.05, 4.69) is 16.3 Å². The number of amides is 1. The second kappa shape index (κ2) is 3.97. The zero-order valence-corrected chi connectivity index (χ0v) is 8.53. The fourth-order valence-electron chi connectivity index (χ4n) is 1.04. The number of aromatic nitrogens is 2. The molecular formula is C10H13N3O. The normalized spacial score (nSPS) is 11.9. The van der Waals surface area contributed by atoms with E-state index in [0.29, 0.717) is 5.56 Å². The number of hydrogen-bond acceptors (Lipinski definition) is 2. The number of aryl methyl sites for hydroxylation is 1. The number of hydrogen-bond donors (Lipinski definition) is 1. The van der Waals surface area contributed by atoms with Gasteiger partial charge in [0.25, 0.3) is 5.91 Å². The molecule has 0 saturated carbocycles. The molecule has 1 atom stereocenters. The van der Waals surface area contributed by atoms with Crippen molar-refractivity contribution in [3.8, 4) is 12.3 Å². The van der Waals surface area contributed by atoms with Crippen molar-refractivity contribution in [3.63, 3.8) is 0 Å². The van der Waals surface area contributed by atoms with Gasteiger partial charge in [0.1, 0.15) is 0 Å². The molecule has 1 aromatic rings. The molecule has 0 aliphatic heterocycles. The van der Waals surface area contributed by atoms with Crippen LogP contribution in [0.2, 0.25) is 0 Å². The van der Waals surface area contributed by atoms with Crippen molar-refractivity contribution in [1.29, 1.82) is 0 Å². The first-order valence-electron chi connectivity index (χ1n) is 4.32. The van der Waals surface area contributed by atoms with E-state index in [0.717, 1.165) is 5.69 Å². The minimum absolute atomic E-state index is 0.180. The molecule has 1 unspecified atom stereocenters. The number of nitrogens with zero attached hydrogens (tertiary/aromatic N) is 2. The Kier molecular flexibility index (Phi) is 2.92. The summed E-state index contributed by atoms with van der Waals surface area (Å²) in [6, 6.07) is -0.262. The van der Waals surface area contributed by atoms with Crippen LogP contribution in [0.15, 0.2) is 6.20 Å². The van der Waals surface area contributed by atoms with Gasteiger partial charge in [-0.15, -0.1) is 6.42 Å². The van der Waals surface area contributed by atoms with Crippen molar-refractivity contribution < 1.29 is 4.79 Å². The van der Waals surface area contributed by atoms with Gasteiger partial charge >= 0.3 is 0 Å². The zero-order chi connectivity index (χ0) is 10.7. The first kappa shape index (κ1) is 10.3. The van der Waals surface area contributed by atoms with Gasteiger partial charge in [0, 0.05) is 12.7 Å². The average Bonchev–Trinajstić information content (AvgIpc) is 2.47. The Bertz CT molecular complexity index is 387. The van der Waals surface area contributed by atoms with Gasteiger partial charge in [-0.3, -0.25) is 9.48 Å². The van der Waals surface area contributed by atoms with Crippen molar-refractivity contribution >= 4 is 5.91 Å². The van der Waals surface area contributed by atoms with Crippen LogP contribution in [0.25, 0.3) is 0 Å². The summed E-state index contributed by atoms with van der Waals surface area (Å²) in [5.74, 6) is 2.25. The van der Waals surface area contributed by atoms with Crippen LogP contribution in [-0.2, 0) is 7.05 Å². The molecule has 4 nitrogen and oxygen atoms in total. The largest absolute Gasteiger partial charge is 0.339 e. The zero-order valence-electron chi connectivity index (χ0n) is 8.53. The number of terminal acetylenes is 1. The Morgan fingerprint density at radius 3 is 2.86 bits per heavy atom. The molecule has 1 amide bonds. The van der Waals surface area contributed by atoms with Gasteiger partial charge in [-0.1, -0.05) is 5.92 Å². The lowest BCUT2D eigenvalue weighted by atomic mass is 10.2. The van der Waals surface area contributed by atoms with Crippen LogP contribution >= 0.6 is 0 Å². The first-order chi connectivity index (χ1) is 6.56. The minimum Gasteiger partial charge on any atom is -0.339 e. The Morgan fingerprint density at radius 1 is 1.79 bits per heavy atom. The van der Waals surface area contributed by atoms with Crippen LogP contribution in [0.1, 0.15) is 23.0 Å². The molecule has 0 fully saturated rings. The van der Waals surface area contributed by atoms with E-state index >= 15 is 0 Å². The summed E-state index contributed by atoms with van der Waals surface area (Å²) < 4.78 is 1.65. The summed E-state index contributed by atoms with van der Waals surface area (Å²) in [6.45, 7) is 3.59. The molecule has 0 aliphatic rings. The van der Waals surface area contributed by atoms with Gasteiger partial charge in [0.05, 0.1) is 17.8 Å². The van der Waals surface area contributed by atoms with E-state index < -0.39 is 0 Å². The predicted molar refractivity (Wildman–Crippen MR) is 53.7 cm³/mol. The van der Waals surface area contributed by atoms with Crippen molar-refractivity contribution in [3.05, 3.63) is 17.5 Å². The topological polar surface area (TPSA) is 46.9 Å². The van der Waals surface area contributed by atoms with E-state index in [1.807, 2.05) is 6.92 Å². The predicted octanol–water partition coefficient (Wildman–Crippen LogP) is 0.480. The van der Waals surface area contributed by atoms with Crippen LogP contribution < -0.4 is 5.32 Å². The second-order valence-electron chi connectivity index (χ2n) is 3.13. The summed E-state index contributed by atoms with van der Waals surface area (Å²) in [5.41, 5.74) is 1.39. The molecular weight excluding hydrogens is 178 g/mol. The fraction of sp³-hybridized carbons (Fsp3) is 0.400. The van der Waals surface area contributed by atoms with E-state index in [9.17, 15) is 4.79 Å². The van der Waals surface area contributed by atoms with Gasteiger partial charge in [0.2, 0.25) is 0 Å². The van der Waals surface area contributed by atoms with Gasteiger partial charge in [0.15, 0.2) is 0 Å². The van der Waals surface area contributed by atoms with Crippen LogP contribution in [-0.4, -0.2) is 21.7 Å². The molecule has 0 radical (unpaired) electrons. The number of nitrogens with one attached hydrogen (secondary N) is 1. The van der Waals surface area contributed by atoms with E-state index in [-0.39, 0.29) is 11.9 Å². The van der Waals surface area contributed by atoms with Gasteiger partial charge in [-0.05, 0) is 13.8 Å². The Labute approximate surface area is 83.3 Å². The molecule has 1 N–H and O–H groups in total. The SMILES string of the molecule is C#CC(C)NC(=O)c1cnn(C)c1C. The van der Waals surface area contributed by atoms with E-state index in [1.165, 1.54) is 6.20 Å². The lowest BCUT2D eigenvalue weighted by molar-refractivity contribution is 0.0947. The summed E-state index contributed by atoms with van der Waals surface area (Å²) >= 11 is 0. The third kappa shape index (κ3) is 1.94. The maximum absolute atomic E-state index is 11.6. The minimum atomic E-state index is -0.262. The highest BCUT2D eigenvalue weighted by Crippen LogP contribution is 2.05. The number of carbonyl (C=O) groups is 1. The Balaban J connectivity index is 2.81. The van der Waals surface area contributed by atoms with Gasteiger partial charge < -0.3 is 5.32 Å². The number of rotatable bonds is 2. The molecule has 1 aromatic heterocycles. The van der Waals surface area contributed by atoms with Crippen molar-refractivity contribution in [1.82, 2.24) is 15.1 Å². The third-order valence-corrected chi connectivity index (χ3v) is 2.08. The molecule has 0 spiro atoms. The summed E-state index contributed by atoms with van der Waals surface area (Å²) in [6.07, 6.45) is 6.69. The van der Waals surface area contributed by atoms with Crippen LogP contribution in [0.3, 0.4) is 0 Å². The Hall–Kier alpha value is -1.76. The lowest BCUT2D eigenvalue weighted by Gasteiger charge is -2.06. The molecule has 1 rings (SSSR count). The van der Waals surface area contributed by atoms with Crippen LogP contribution in [0.5, 0.6) is 0 Å². The standard InChI is InChI=1S/C10H13N3O/c1-5-7(2)12-10(14)9-6-11-13(4)8(9)3/h1,6-7H,2-4H3,(H,12,14). The van der Waals surface area contributed by atoms with Crippen molar-refractivity contribution in [2.24, 2.45) is 7.05 Å². The highest BCUT2D eigenvalue weighted by atomic mass is 16.1. The Morgan fingerprint density at radius 2 is 2.43 bits per heavy atom. The molecule has 0 aromatic carbocycles. The van der Waals surface area contributed by atoms with Crippen molar-refractivity contribution in [2.75, 3.05) is 0 Å². The molecule has 4 heteroatoms.